The SMILES string of the molecule is O=C(O)C1C2CCC(CC2)C1Nc1nc(-c2nn(C(c3ccccc3)(c3ccccc3)c3ccccc3)c3ncc(Cl)cc23)nc(-c2ccccc2)c1F. The highest BCUT2D eigenvalue weighted by Crippen LogP contribution is 2.47. The van der Waals surface area contributed by atoms with Gasteiger partial charge in [0.15, 0.2) is 23.1 Å². The summed E-state index contributed by atoms with van der Waals surface area (Å²) < 4.78 is 18.7. The van der Waals surface area contributed by atoms with Crippen LogP contribution in [0.4, 0.5) is 10.2 Å². The molecule has 2 bridgehead atoms. The van der Waals surface area contributed by atoms with Gasteiger partial charge in [0, 0.05) is 17.8 Å². The van der Waals surface area contributed by atoms with Gasteiger partial charge in [0.05, 0.1) is 16.3 Å². The van der Waals surface area contributed by atoms with E-state index in [-0.39, 0.29) is 29.2 Å². The zero-order valence-electron chi connectivity index (χ0n) is 29.2. The fraction of sp³-hybridized carbons (Fsp3) is 0.205. The number of fused-ring (bicyclic) bond motifs is 4. The van der Waals surface area contributed by atoms with E-state index < -0.39 is 29.3 Å². The highest BCUT2D eigenvalue weighted by Gasteiger charge is 2.48. The molecule has 3 fully saturated rings. The molecule has 2 unspecified atom stereocenters. The van der Waals surface area contributed by atoms with Crippen molar-refractivity contribution in [1.29, 1.82) is 0 Å². The molecule has 54 heavy (non-hydrogen) atoms. The summed E-state index contributed by atoms with van der Waals surface area (Å²) in [6.07, 6.45) is 5.08. The van der Waals surface area contributed by atoms with Gasteiger partial charge in [-0.3, -0.25) is 4.79 Å². The van der Waals surface area contributed by atoms with Gasteiger partial charge in [0.1, 0.15) is 16.9 Å². The molecule has 2 N–H and O–H groups in total. The number of aromatic nitrogens is 5. The average molecular weight is 735 g/mol. The number of halogens is 2. The molecule has 2 atom stereocenters. The molecule has 3 aromatic heterocycles. The van der Waals surface area contributed by atoms with Crippen LogP contribution in [0.1, 0.15) is 42.4 Å². The van der Waals surface area contributed by atoms with Crippen LogP contribution in [0.5, 0.6) is 0 Å². The maximum absolute atomic E-state index is 16.8. The van der Waals surface area contributed by atoms with Crippen molar-refractivity contribution in [3.05, 3.63) is 161 Å². The molecule has 10 rings (SSSR count). The first kappa shape index (κ1) is 33.9. The Labute approximate surface area is 316 Å². The molecule has 10 heteroatoms. The number of pyridine rings is 1. The normalized spacial score (nSPS) is 19.5. The lowest BCUT2D eigenvalue weighted by molar-refractivity contribution is -0.148. The van der Waals surface area contributed by atoms with Crippen molar-refractivity contribution in [3.63, 3.8) is 0 Å². The van der Waals surface area contributed by atoms with Crippen LogP contribution in [0.15, 0.2) is 134 Å². The molecule has 268 valence electrons. The molecule has 3 aliphatic carbocycles. The lowest BCUT2D eigenvalue weighted by Gasteiger charge is -2.47. The third-order valence-electron chi connectivity index (χ3n) is 11.3. The molecule has 3 heterocycles. The maximum Gasteiger partial charge on any atom is 0.308 e. The van der Waals surface area contributed by atoms with E-state index in [0.717, 1.165) is 42.4 Å². The van der Waals surface area contributed by atoms with Gasteiger partial charge in [-0.05, 0) is 60.3 Å². The standard InChI is InChI=1S/C44H36ClFN6O2/c45-33-25-34-39(41-49-38(28-13-5-1-6-14-28)36(46)40(50-41)48-37-29-23-21-27(22-24-29)35(37)43(53)54)51-52(42(34)47-26-33)44(30-15-7-2-8-16-30,31-17-9-3-10-18-31)32-19-11-4-12-20-32/h1-20,25-27,29,35,37H,21-24H2,(H,53,54)(H,48,49,50). The van der Waals surface area contributed by atoms with Gasteiger partial charge < -0.3 is 10.4 Å². The highest BCUT2D eigenvalue weighted by atomic mass is 35.5. The van der Waals surface area contributed by atoms with E-state index in [0.29, 0.717) is 27.3 Å². The van der Waals surface area contributed by atoms with Gasteiger partial charge in [-0.15, -0.1) is 0 Å². The second-order valence-corrected chi connectivity index (χ2v) is 14.7. The van der Waals surface area contributed by atoms with Crippen LogP contribution in [0, 0.1) is 23.6 Å². The number of benzene rings is 4. The van der Waals surface area contributed by atoms with Gasteiger partial charge in [-0.1, -0.05) is 133 Å². The minimum Gasteiger partial charge on any atom is -0.481 e. The van der Waals surface area contributed by atoms with Crippen molar-refractivity contribution in [1.82, 2.24) is 24.7 Å². The predicted octanol–water partition coefficient (Wildman–Crippen LogP) is 9.49. The largest absolute Gasteiger partial charge is 0.481 e. The van der Waals surface area contributed by atoms with Gasteiger partial charge >= 0.3 is 5.97 Å². The summed E-state index contributed by atoms with van der Waals surface area (Å²) in [6, 6.07) is 40.8. The number of anilines is 1. The molecule has 0 amide bonds. The number of carbonyl (C=O) groups is 1. The van der Waals surface area contributed by atoms with Crippen LogP contribution in [-0.2, 0) is 10.3 Å². The minimum atomic E-state index is -1.03. The highest BCUT2D eigenvalue weighted by molar-refractivity contribution is 6.31. The van der Waals surface area contributed by atoms with E-state index in [4.69, 9.17) is 31.7 Å². The Morgan fingerprint density at radius 3 is 1.85 bits per heavy atom. The maximum atomic E-state index is 16.8. The molecule has 3 aliphatic rings. The van der Waals surface area contributed by atoms with Crippen molar-refractivity contribution < 1.29 is 14.3 Å². The summed E-state index contributed by atoms with van der Waals surface area (Å²) in [4.78, 5) is 27.3. The van der Waals surface area contributed by atoms with E-state index >= 15 is 4.39 Å². The molecule has 0 radical (unpaired) electrons. The number of carboxylic acids is 1. The van der Waals surface area contributed by atoms with Crippen molar-refractivity contribution in [2.24, 2.45) is 17.8 Å². The number of hydrogen-bond donors (Lipinski definition) is 2. The second kappa shape index (κ2) is 13.8. The first-order chi connectivity index (χ1) is 26.4. The number of carboxylic acid groups (broad SMARTS) is 1. The van der Waals surface area contributed by atoms with E-state index in [1.54, 1.807) is 24.4 Å². The zero-order valence-corrected chi connectivity index (χ0v) is 29.9. The molecular weight excluding hydrogens is 699 g/mol. The summed E-state index contributed by atoms with van der Waals surface area (Å²) in [5.41, 5.74) is 3.29. The van der Waals surface area contributed by atoms with Crippen molar-refractivity contribution in [2.45, 2.75) is 37.3 Å². The van der Waals surface area contributed by atoms with Crippen molar-refractivity contribution >= 4 is 34.4 Å². The van der Waals surface area contributed by atoms with Crippen LogP contribution >= 0.6 is 11.6 Å². The summed E-state index contributed by atoms with van der Waals surface area (Å²) in [7, 11) is 0. The molecule has 8 nitrogen and oxygen atoms in total. The second-order valence-electron chi connectivity index (χ2n) is 14.2. The Hall–Kier alpha value is -5.93. The van der Waals surface area contributed by atoms with Crippen LogP contribution in [-0.4, -0.2) is 41.9 Å². The molecular formula is C44H36ClFN6O2. The van der Waals surface area contributed by atoms with E-state index in [9.17, 15) is 9.90 Å². The molecule has 4 aromatic carbocycles. The van der Waals surface area contributed by atoms with Gasteiger partial charge in [-0.2, -0.15) is 5.10 Å². The molecule has 7 aromatic rings. The monoisotopic (exact) mass is 734 g/mol. The quantitative estimate of drug-likeness (QED) is 0.142. The number of nitrogens with one attached hydrogen (secondary N) is 1. The van der Waals surface area contributed by atoms with Crippen molar-refractivity contribution in [2.75, 3.05) is 5.32 Å². The Balaban J connectivity index is 1.32. The fourth-order valence-electron chi connectivity index (χ4n) is 8.89. The fourth-order valence-corrected chi connectivity index (χ4v) is 9.04. The Kier molecular flexibility index (Phi) is 8.66. The Morgan fingerprint density at radius 2 is 1.30 bits per heavy atom. The predicted molar refractivity (Wildman–Crippen MR) is 208 cm³/mol. The van der Waals surface area contributed by atoms with E-state index in [2.05, 4.69) is 41.7 Å². The molecule has 0 aliphatic heterocycles. The van der Waals surface area contributed by atoms with E-state index in [1.807, 2.05) is 77.5 Å². The lowest BCUT2D eigenvalue weighted by atomic mass is 9.61. The number of rotatable bonds is 9. The molecule has 0 saturated heterocycles. The average Bonchev–Trinajstić information content (AvgIpc) is 3.59. The third kappa shape index (κ3) is 5.62. The smallest absolute Gasteiger partial charge is 0.308 e. The molecule has 0 spiro atoms. The minimum absolute atomic E-state index is 0.0258. The summed E-state index contributed by atoms with van der Waals surface area (Å²) in [5.74, 6) is -1.96. The lowest BCUT2D eigenvalue weighted by Crippen LogP contribution is -2.51. The van der Waals surface area contributed by atoms with Crippen LogP contribution in [0.25, 0.3) is 33.8 Å². The topological polar surface area (TPSA) is 106 Å². The Bertz CT molecular complexity index is 2360. The number of hydrogen-bond acceptors (Lipinski definition) is 6. The van der Waals surface area contributed by atoms with Crippen LogP contribution < -0.4 is 5.32 Å². The van der Waals surface area contributed by atoms with Gasteiger partial charge in [-0.25, -0.2) is 24.0 Å². The number of aliphatic carboxylic acids is 1. The van der Waals surface area contributed by atoms with Crippen LogP contribution in [0.2, 0.25) is 5.02 Å². The summed E-state index contributed by atoms with van der Waals surface area (Å²) >= 11 is 6.68. The summed E-state index contributed by atoms with van der Waals surface area (Å²) in [6.45, 7) is 0. The zero-order chi connectivity index (χ0) is 36.8. The van der Waals surface area contributed by atoms with Gasteiger partial charge in [0.25, 0.3) is 0 Å². The third-order valence-corrected chi connectivity index (χ3v) is 11.5. The van der Waals surface area contributed by atoms with Gasteiger partial charge in [0.2, 0.25) is 0 Å². The summed E-state index contributed by atoms with van der Waals surface area (Å²) in [5, 5.41) is 20.0. The Morgan fingerprint density at radius 1 is 0.759 bits per heavy atom. The van der Waals surface area contributed by atoms with Crippen LogP contribution in [0.3, 0.4) is 0 Å². The van der Waals surface area contributed by atoms with E-state index in [1.165, 1.54) is 0 Å². The molecule has 3 saturated carbocycles. The number of nitrogens with zero attached hydrogens (tertiary/aromatic N) is 5. The first-order valence-electron chi connectivity index (χ1n) is 18.3. The first-order valence-corrected chi connectivity index (χ1v) is 18.6. The van der Waals surface area contributed by atoms with Crippen molar-refractivity contribution in [3.8, 4) is 22.8 Å².